The zero-order valence-electron chi connectivity index (χ0n) is 10.7. The maximum absolute atomic E-state index is 11.5. The third-order valence-corrected chi connectivity index (χ3v) is 2.68. The summed E-state index contributed by atoms with van der Waals surface area (Å²) in [5.74, 6) is 1.69. The molecule has 1 aromatic rings. The molecule has 0 fully saturated rings. The van der Waals surface area contributed by atoms with Crippen molar-refractivity contribution in [2.45, 2.75) is 13.8 Å². The molecule has 0 aliphatic carbocycles. The summed E-state index contributed by atoms with van der Waals surface area (Å²) in [6.07, 6.45) is 0. The zero-order valence-corrected chi connectivity index (χ0v) is 10.7. The second-order valence-electron chi connectivity index (χ2n) is 4.68. The van der Waals surface area contributed by atoms with Gasteiger partial charge in [0.05, 0.1) is 12.5 Å². The van der Waals surface area contributed by atoms with Crippen LogP contribution in [0.25, 0.3) is 0 Å². The van der Waals surface area contributed by atoms with E-state index in [1.54, 1.807) is 32.0 Å². The molecule has 98 valence electrons. The lowest BCUT2D eigenvalue weighted by Crippen LogP contribution is -2.32. The molecule has 5 nitrogen and oxygen atoms in total. The Balaban J connectivity index is 2.00. The van der Waals surface area contributed by atoms with Gasteiger partial charge < -0.3 is 18.9 Å². The molecule has 18 heavy (non-hydrogen) atoms. The maximum Gasteiger partial charge on any atom is 0.314 e. The van der Waals surface area contributed by atoms with Crippen molar-refractivity contribution in [2.24, 2.45) is 5.41 Å². The summed E-state index contributed by atoms with van der Waals surface area (Å²) in [7, 11) is 1.37. The normalized spacial score (nSPS) is 13.3. The quantitative estimate of drug-likeness (QED) is 0.767. The van der Waals surface area contributed by atoms with Crippen LogP contribution in [0.3, 0.4) is 0 Å². The number of carbonyl (C=O) groups excluding carboxylic acids is 1. The van der Waals surface area contributed by atoms with Crippen molar-refractivity contribution in [1.29, 1.82) is 0 Å². The Morgan fingerprint density at radius 3 is 2.78 bits per heavy atom. The van der Waals surface area contributed by atoms with E-state index in [9.17, 15) is 4.79 Å². The summed E-state index contributed by atoms with van der Waals surface area (Å²) in [5.41, 5.74) is -0.689. The van der Waals surface area contributed by atoms with E-state index in [-0.39, 0.29) is 19.4 Å². The van der Waals surface area contributed by atoms with E-state index >= 15 is 0 Å². The molecular weight excluding hydrogens is 236 g/mol. The first-order chi connectivity index (χ1) is 8.53. The van der Waals surface area contributed by atoms with Gasteiger partial charge in [-0.05, 0) is 26.0 Å². The maximum atomic E-state index is 11.5. The fourth-order valence-corrected chi connectivity index (χ4v) is 1.57. The highest BCUT2D eigenvalue weighted by atomic mass is 16.7. The standard InChI is InChI=1S/C13H16O5/c1-13(2,12(14)15-3)7-16-9-4-5-10-11(6-9)18-8-17-10/h4-6H,7-8H2,1-3H3. The average Bonchev–Trinajstić information content (AvgIpc) is 2.82. The fourth-order valence-electron chi connectivity index (χ4n) is 1.57. The highest BCUT2D eigenvalue weighted by Gasteiger charge is 2.30. The molecule has 0 atom stereocenters. The average molecular weight is 252 g/mol. The molecular formula is C13H16O5. The second kappa shape index (κ2) is 4.76. The van der Waals surface area contributed by atoms with E-state index < -0.39 is 5.41 Å². The largest absolute Gasteiger partial charge is 0.492 e. The van der Waals surface area contributed by atoms with Gasteiger partial charge in [0.2, 0.25) is 6.79 Å². The van der Waals surface area contributed by atoms with Gasteiger partial charge in [-0.3, -0.25) is 4.79 Å². The van der Waals surface area contributed by atoms with Crippen LogP contribution in [0, 0.1) is 5.41 Å². The van der Waals surface area contributed by atoms with Crippen molar-refractivity contribution in [1.82, 2.24) is 0 Å². The Bertz CT molecular complexity index is 453. The molecule has 1 aliphatic heterocycles. The summed E-state index contributed by atoms with van der Waals surface area (Å²) in [6, 6.07) is 5.30. The van der Waals surface area contributed by atoms with Crippen molar-refractivity contribution < 1.29 is 23.7 Å². The lowest BCUT2D eigenvalue weighted by atomic mass is 9.95. The molecule has 1 heterocycles. The molecule has 0 unspecified atom stereocenters. The summed E-state index contributed by atoms with van der Waals surface area (Å²) < 4.78 is 20.7. The number of benzene rings is 1. The smallest absolute Gasteiger partial charge is 0.314 e. The van der Waals surface area contributed by atoms with E-state index in [0.29, 0.717) is 17.2 Å². The van der Waals surface area contributed by atoms with Crippen molar-refractivity contribution in [2.75, 3.05) is 20.5 Å². The third-order valence-electron chi connectivity index (χ3n) is 2.68. The summed E-state index contributed by atoms with van der Waals surface area (Å²) >= 11 is 0. The van der Waals surface area contributed by atoms with Crippen LogP contribution in [0.15, 0.2) is 18.2 Å². The van der Waals surface area contributed by atoms with Crippen LogP contribution in [0.5, 0.6) is 17.2 Å². The van der Waals surface area contributed by atoms with Gasteiger partial charge in [0, 0.05) is 6.07 Å². The van der Waals surface area contributed by atoms with Crippen LogP contribution in [0.2, 0.25) is 0 Å². The number of carbonyl (C=O) groups is 1. The van der Waals surface area contributed by atoms with Crippen LogP contribution in [0.4, 0.5) is 0 Å². The van der Waals surface area contributed by atoms with Gasteiger partial charge in [-0.25, -0.2) is 0 Å². The molecule has 0 N–H and O–H groups in total. The zero-order chi connectivity index (χ0) is 13.2. The second-order valence-corrected chi connectivity index (χ2v) is 4.68. The number of fused-ring (bicyclic) bond motifs is 1. The monoisotopic (exact) mass is 252 g/mol. The van der Waals surface area contributed by atoms with Crippen molar-refractivity contribution in [3.8, 4) is 17.2 Å². The van der Waals surface area contributed by atoms with Gasteiger partial charge in [0.25, 0.3) is 0 Å². The number of esters is 1. The molecule has 5 heteroatoms. The van der Waals surface area contributed by atoms with Crippen LogP contribution >= 0.6 is 0 Å². The van der Waals surface area contributed by atoms with E-state index in [0.717, 1.165) is 0 Å². The predicted molar refractivity (Wildman–Crippen MR) is 63.9 cm³/mol. The van der Waals surface area contributed by atoms with Gasteiger partial charge in [-0.2, -0.15) is 0 Å². The third kappa shape index (κ3) is 2.50. The van der Waals surface area contributed by atoms with Crippen LogP contribution in [-0.2, 0) is 9.53 Å². The van der Waals surface area contributed by atoms with Crippen LogP contribution in [-0.4, -0.2) is 26.5 Å². The van der Waals surface area contributed by atoms with Crippen molar-refractivity contribution in [3.63, 3.8) is 0 Å². The van der Waals surface area contributed by atoms with E-state index in [4.69, 9.17) is 18.9 Å². The van der Waals surface area contributed by atoms with Gasteiger partial charge in [-0.1, -0.05) is 0 Å². The van der Waals surface area contributed by atoms with Crippen molar-refractivity contribution in [3.05, 3.63) is 18.2 Å². The predicted octanol–water partition coefficient (Wildman–Crippen LogP) is 1.99. The first-order valence-electron chi connectivity index (χ1n) is 5.64. The molecule has 0 spiro atoms. The van der Waals surface area contributed by atoms with Gasteiger partial charge in [0.15, 0.2) is 11.5 Å². The van der Waals surface area contributed by atoms with Gasteiger partial charge >= 0.3 is 5.97 Å². The highest BCUT2D eigenvalue weighted by Crippen LogP contribution is 2.35. The summed E-state index contributed by atoms with van der Waals surface area (Å²) in [6.45, 7) is 4.00. The molecule has 0 saturated heterocycles. The fraction of sp³-hybridized carbons (Fsp3) is 0.462. The van der Waals surface area contributed by atoms with E-state index in [1.807, 2.05) is 0 Å². The minimum absolute atomic E-state index is 0.229. The Kier molecular flexibility index (Phi) is 3.32. The van der Waals surface area contributed by atoms with Gasteiger partial charge in [0.1, 0.15) is 12.4 Å². The Morgan fingerprint density at radius 2 is 2.06 bits per heavy atom. The lowest BCUT2D eigenvalue weighted by Gasteiger charge is -2.21. The number of hydrogen-bond acceptors (Lipinski definition) is 5. The van der Waals surface area contributed by atoms with E-state index in [2.05, 4.69) is 0 Å². The molecule has 1 aromatic carbocycles. The first kappa shape index (κ1) is 12.5. The molecule has 2 rings (SSSR count). The summed E-state index contributed by atoms with van der Waals surface area (Å²) in [4.78, 5) is 11.5. The van der Waals surface area contributed by atoms with Crippen molar-refractivity contribution >= 4 is 5.97 Å². The number of methoxy groups -OCH3 is 1. The Hall–Kier alpha value is -1.91. The Labute approximate surface area is 106 Å². The highest BCUT2D eigenvalue weighted by molar-refractivity contribution is 5.75. The molecule has 0 saturated carbocycles. The van der Waals surface area contributed by atoms with Crippen LogP contribution in [0.1, 0.15) is 13.8 Å². The van der Waals surface area contributed by atoms with Crippen LogP contribution < -0.4 is 14.2 Å². The minimum Gasteiger partial charge on any atom is -0.492 e. The number of rotatable bonds is 4. The SMILES string of the molecule is COC(=O)C(C)(C)COc1ccc2c(c1)OCO2. The number of ether oxygens (including phenoxy) is 4. The Morgan fingerprint density at radius 1 is 1.33 bits per heavy atom. The molecule has 0 amide bonds. The molecule has 0 radical (unpaired) electrons. The molecule has 0 aromatic heterocycles. The molecule has 1 aliphatic rings. The first-order valence-corrected chi connectivity index (χ1v) is 5.64. The topological polar surface area (TPSA) is 54.0 Å². The van der Waals surface area contributed by atoms with Gasteiger partial charge in [-0.15, -0.1) is 0 Å². The summed E-state index contributed by atoms with van der Waals surface area (Å²) in [5, 5.41) is 0. The molecule has 0 bridgehead atoms. The lowest BCUT2D eigenvalue weighted by molar-refractivity contribution is -0.152. The number of hydrogen-bond donors (Lipinski definition) is 0. The minimum atomic E-state index is -0.689. The van der Waals surface area contributed by atoms with E-state index in [1.165, 1.54) is 7.11 Å².